The summed E-state index contributed by atoms with van der Waals surface area (Å²) in [6, 6.07) is 8.76. The number of pyridine rings is 1. The second-order valence-electron chi connectivity index (χ2n) is 6.48. The number of thioether (sulfide) groups is 1. The minimum Gasteiger partial charge on any atom is -0.364 e. The zero-order valence-corrected chi connectivity index (χ0v) is 16.3. The molecule has 3 nitrogen and oxygen atoms in total. The number of primary amides is 1. The van der Waals surface area contributed by atoms with E-state index in [1.165, 1.54) is 24.4 Å². The minimum absolute atomic E-state index is 0.00313. The Labute approximate surface area is 173 Å². The third kappa shape index (κ3) is 4.79. The van der Waals surface area contributed by atoms with Crippen LogP contribution in [0.2, 0.25) is 0 Å². The van der Waals surface area contributed by atoms with Crippen LogP contribution in [0.1, 0.15) is 38.0 Å². The molecule has 9 heteroatoms. The molecule has 0 radical (unpaired) electrons. The van der Waals surface area contributed by atoms with Gasteiger partial charge in [-0.05, 0) is 66.6 Å². The molecule has 3 aromatic rings. The molecule has 0 fully saturated rings. The quantitative estimate of drug-likeness (QED) is 0.413. The number of rotatable bonds is 5. The number of carbonyl (C=O) groups excluding carboxylic acids is 1. The normalized spacial score (nSPS) is 12.6. The first-order valence-corrected chi connectivity index (χ1v) is 9.49. The number of hydrogen-bond donors (Lipinski definition) is 1. The van der Waals surface area contributed by atoms with Crippen molar-refractivity contribution >= 4 is 17.7 Å². The molecular formula is C21H15F5N2OS. The van der Waals surface area contributed by atoms with Gasteiger partial charge in [0, 0.05) is 16.7 Å². The molecule has 156 valence electrons. The highest BCUT2D eigenvalue weighted by molar-refractivity contribution is 7.99. The van der Waals surface area contributed by atoms with E-state index in [0.717, 1.165) is 42.1 Å². The van der Waals surface area contributed by atoms with Gasteiger partial charge in [-0.3, -0.25) is 9.78 Å². The number of nitrogens with zero attached hydrogens (tertiary/aromatic N) is 1. The summed E-state index contributed by atoms with van der Waals surface area (Å²) < 4.78 is 66.8. The van der Waals surface area contributed by atoms with Gasteiger partial charge in [0.05, 0.1) is 10.8 Å². The van der Waals surface area contributed by atoms with E-state index in [2.05, 4.69) is 4.98 Å². The Bertz CT molecular complexity index is 1080. The highest BCUT2D eigenvalue weighted by atomic mass is 32.2. The molecule has 0 bridgehead atoms. The van der Waals surface area contributed by atoms with Crippen LogP contribution in [-0.4, -0.2) is 10.9 Å². The van der Waals surface area contributed by atoms with Gasteiger partial charge in [0.15, 0.2) is 0 Å². The molecule has 2 N–H and O–H groups in total. The summed E-state index contributed by atoms with van der Waals surface area (Å²) in [4.78, 5) is 15.7. The minimum atomic E-state index is -4.48. The van der Waals surface area contributed by atoms with Gasteiger partial charge in [-0.2, -0.15) is 13.2 Å². The molecule has 1 unspecified atom stereocenters. The molecule has 1 atom stereocenters. The largest absolute Gasteiger partial charge is 0.416 e. The standard InChI is InChI=1S/C21H15F5N2OS/c1-11-8-18(20(27)29)28-10-16(11)19(15-9-13(22)4-7-17(15)23)30-14-5-2-12(3-6-14)21(24,25)26/h2-10,19H,1H3,(H2,27,29). The van der Waals surface area contributed by atoms with Crippen molar-refractivity contribution < 1.29 is 26.7 Å². The fraction of sp³-hybridized carbons (Fsp3) is 0.143. The molecule has 30 heavy (non-hydrogen) atoms. The van der Waals surface area contributed by atoms with Crippen LogP contribution in [0.5, 0.6) is 0 Å². The molecule has 0 aliphatic rings. The van der Waals surface area contributed by atoms with E-state index in [4.69, 9.17) is 5.73 Å². The first kappa shape index (κ1) is 21.8. The van der Waals surface area contributed by atoms with Crippen LogP contribution in [0.4, 0.5) is 22.0 Å². The molecule has 2 aromatic carbocycles. The Morgan fingerprint density at radius 1 is 1.03 bits per heavy atom. The highest BCUT2D eigenvalue weighted by Gasteiger charge is 2.30. The van der Waals surface area contributed by atoms with Crippen LogP contribution in [0.3, 0.4) is 0 Å². The maximum Gasteiger partial charge on any atom is 0.416 e. The number of halogens is 5. The molecule has 0 saturated heterocycles. The number of alkyl halides is 3. The van der Waals surface area contributed by atoms with E-state index in [9.17, 15) is 26.7 Å². The fourth-order valence-electron chi connectivity index (χ4n) is 2.84. The number of nitrogens with two attached hydrogens (primary N) is 1. The first-order valence-electron chi connectivity index (χ1n) is 8.61. The van der Waals surface area contributed by atoms with Gasteiger partial charge in [-0.1, -0.05) is 0 Å². The molecule has 0 spiro atoms. The summed E-state index contributed by atoms with van der Waals surface area (Å²) in [5, 5.41) is -0.827. The van der Waals surface area contributed by atoms with E-state index in [1.54, 1.807) is 6.92 Å². The van der Waals surface area contributed by atoms with Crippen molar-refractivity contribution in [1.82, 2.24) is 4.98 Å². The second kappa shape index (κ2) is 8.43. The lowest BCUT2D eigenvalue weighted by Gasteiger charge is -2.21. The number of aromatic nitrogens is 1. The predicted octanol–water partition coefficient (Wildman–Crippen LogP) is 5.67. The van der Waals surface area contributed by atoms with Crippen LogP contribution in [0.15, 0.2) is 59.6 Å². The average molecular weight is 438 g/mol. The van der Waals surface area contributed by atoms with Gasteiger partial charge < -0.3 is 5.73 Å². The summed E-state index contributed by atoms with van der Waals surface area (Å²) in [6.07, 6.45) is -3.15. The smallest absolute Gasteiger partial charge is 0.364 e. The summed E-state index contributed by atoms with van der Waals surface area (Å²) in [7, 11) is 0. The van der Waals surface area contributed by atoms with Crippen LogP contribution < -0.4 is 5.73 Å². The van der Waals surface area contributed by atoms with E-state index >= 15 is 0 Å². The second-order valence-corrected chi connectivity index (χ2v) is 7.65. The monoisotopic (exact) mass is 438 g/mol. The Kier molecular flexibility index (Phi) is 6.12. The summed E-state index contributed by atoms with van der Waals surface area (Å²) in [5.74, 6) is -2.09. The van der Waals surface area contributed by atoms with E-state index in [0.29, 0.717) is 16.0 Å². The molecule has 1 amide bonds. The van der Waals surface area contributed by atoms with Gasteiger partial charge in [0.2, 0.25) is 0 Å². The molecule has 1 aromatic heterocycles. The summed E-state index contributed by atoms with van der Waals surface area (Å²) in [5.41, 5.74) is 5.43. The fourth-order valence-corrected chi connectivity index (χ4v) is 4.09. The van der Waals surface area contributed by atoms with Gasteiger partial charge in [-0.25, -0.2) is 8.78 Å². The molecule has 0 aliphatic heterocycles. The molecule has 1 heterocycles. The van der Waals surface area contributed by atoms with Gasteiger partial charge in [0.25, 0.3) is 5.91 Å². The lowest BCUT2D eigenvalue weighted by molar-refractivity contribution is -0.137. The van der Waals surface area contributed by atoms with Crippen molar-refractivity contribution in [3.05, 3.63) is 94.3 Å². The number of amides is 1. The number of carbonyl (C=O) groups is 1. The van der Waals surface area contributed by atoms with Crippen molar-refractivity contribution in [2.24, 2.45) is 5.73 Å². The Hall–Kier alpha value is -2.94. The molecule has 0 aliphatic carbocycles. The number of aryl methyl sites for hydroxylation is 1. The number of benzene rings is 2. The van der Waals surface area contributed by atoms with Crippen molar-refractivity contribution in [3.8, 4) is 0 Å². The van der Waals surface area contributed by atoms with Gasteiger partial charge in [-0.15, -0.1) is 11.8 Å². The van der Waals surface area contributed by atoms with Crippen LogP contribution in [0.25, 0.3) is 0 Å². The Morgan fingerprint density at radius 2 is 1.70 bits per heavy atom. The van der Waals surface area contributed by atoms with Crippen molar-refractivity contribution in [3.63, 3.8) is 0 Å². The zero-order chi connectivity index (χ0) is 22.1. The van der Waals surface area contributed by atoms with Crippen LogP contribution in [0, 0.1) is 18.6 Å². The van der Waals surface area contributed by atoms with E-state index in [-0.39, 0.29) is 11.3 Å². The molecule has 3 rings (SSSR count). The Balaban J connectivity index is 2.07. The summed E-state index contributed by atoms with van der Waals surface area (Å²) >= 11 is 1.04. The van der Waals surface area contributed by atoms with Crippen molar-refractivity contribution in [2.75, 3.05) is 0 Å². The van der Waals surface area contributed by atoms with Crippen LogP contribution in [-0.2, 0) is 6.18 Å². The van der Waals surface area contributed by atoms with E-state index in [1.807, 2.05) is 0 Å². The molecular weight excluding hydrogens is 423 g/mol. The van der Waals surface area contributed by atoms with Gasteiger partial charge in [0.1, 0.15) is 17.3 Å². The maximum absolute atomic E-state index is 14.5. The Morgan fingerprint density at radius 3 is 2.27 bits per heavy atom. The lowest BCUT2D eigenvalue weighted by Crippen LogP contribution is -2.14. The third-order valence-corrected chi connectivity index (χ3v) is 5.65. The lowest BCUT2D eigenvalue weighted by atomic mass is 10.0. The number of hydrogen-bond acceptors (Lipinski definition) is 3. The SMILES string of the molecule is Cc1cc(C(N)=O)ncc1C(Sc1ccc(C(F)(F)F)cc1)c1cc(F)ccc1F. The summed E-state index contributed by atoms with van der Waals surface area (Å²) in [6.45, 7) is 1.65. The molecule has 0 saturated carbocycles. The maximum atomic E-state index is 14.5. The third-order valence-electron chi connectivity index (χ3n) is 4.36. The highest BCUT2D eigenvalue weighted by Crippen LogP contribution is 2.43. The zero-order valence-electron chi connectivity index (χ0n) is 15.5. The van der Waals surface area contributed by atoms with Gasteiger partial charge >= 0.3 is 6.18 Å². The van der Waals surface area contributed by atoms with E-state index < -0.39 is 34.5 Å². The first-order chi connectivity index (χ1) is 14.1. The van der Waals surface area contributed by atoms with Crippen molar-refractivity contribution in [1.29, 1.82) is 0 Å². The average Bonchev–Trinajstić information content (AvgIpc) is 2.68. The topological polar surface area (TPSA) is 56.0 Å². The van der Waals surface area contributed by atoms with Crippen molar-refractivity contribution in [2.45, 2.75) is 23.2 Å². The van der Waals surface area contributed by atoms with Crippen LogP contribution >= 0.6 is 11.8 Å². The predicted molar refractivity (Wildman–Crippen MR) is 103 cm³/mol.